The molecule has 68 valence electrons. The van der Waals surface area contributed by atoms with Gasteiger partial charge in [-0.2, -0.15) is 0 Å². The van der Waals surface area contributed by atoms with Crippen LogP contribution in [-0.2, 0) is 6.54 Å². The molecule has 2 aromatic heterocycles. The van der Waals surface area contributed by atoms with Gasteiger partial charge in [-0.15, -0.1) is 0 Å². The molecule has 13 heavy (non-hydrogen) atoms. The van der Waals surface area contributed by atoms with Crippen molar-refractivity contribution in [3.05, 3.63) is 47.7 Å². The van der Waals surface area contributed by atoms with E-state index >= 15 is 0 Å². The summed E-state index contributed by atoms with van der Waals surface area (Å²) in [6, 6.07) is 8.17. The van der Waals surface area contributed by atoms with Crippen molar-refractivity contribution in [3.8, 4) is 0 Å². The van der Waals surface area contributed by atoms with Crippen LogP contribution < -0.4 is 0 Å². The largest absolute Gasteiger partial charge is 0.467 e. The molecule has 0 unspecified atom stereocenters. The molecule has 0 bridgehead atoms. The van der Waals surface area contributed by atoms with Crippen LogP contribution in [0.2, 0.25) is 0 Å². The molecule has 0 aliphatic rings. The van der Waals surface area contributed by atoms with Gasteiger partial charge in [-0.25, -0.2) is 0 Å². The maximum Gasteiger partial charge on any atom is 0.123 e. The monoisotopic (exact) mass is 175 g/mol. The van der Waals surface area contributed by atoms with Crippen molar-refractivity contribution in [2.75, 3.05) is 0 Å². The summed E-state index contributed by atoms with van der Waals surface area (Å²) in [5.74, 6) is 1.00. The van der Waals surface area contributed by atoms with Crippen LogP contribution in [0.5, 0.6) is 0 Å². The molecular formula is C11H13NO. The predicted molar refractivity (Wildman–Crippen MR) is 51.7 cm³/mol. The molecule has 0 spiro atoms. The van der Waals surface area contributed by atoms with Crippen LogP contribution in [0.4, 0.5) is 0 Å². The first kappa shape index (κ1) is 8.17. The van der Waals surface area contributed by atoms with Gasteiger partial charge in [0.05, 0.1) is 12.8 Å². The van der Waals surface area contributed by atoms with Crippen molar-refractivity contribution in [1.29, 1.82) is 0 Å². The van der Waals surface area contributed by atoms with Gasteiger partial charge < -0.3 is 8.98 Å². The van der Waals surface area contributed by atoms with Crippen molar-refractivity contribution in [2.45, 2.75) is 20.4 Å². The van der Waals surface area contributed by atoms with Crippen molar-refractivity contribution in [2.24, 2.45) is 0 Å². The van der Waals surface area contributed by atoms with E-state index in [-0.39, 0.29) is 0 Å². The second-order valence-electron chi connectivity index (χ2n) is 3.28. The topological polar surface area (TPSA) is 18.1 Å². The average molecular weight is 175 g/mol. The van der Waals surface area contributed by atoms with Gasteiger partial charge in [-0.1, -0.05) is 0 Å². The number of rotatable bonds is 2. The van der Waals surface area contributed by atoms with E-state index in [4.69, 9.17) is 4.42 Å². The van der Waals surface area contributed by atoms with Gasteiger partial charge in [0.2, 0.25) is 0 Å². The van der Waals surface area contributed by atoms with E-state index in [1.165, 1.54) is 11.4 Å². The maximum atomic E-state index is 5.30. The van der Waals surface area contributed by atoms with Gasteiger partial charge in [-0.05, 0) is 38.1 Å². The number of aromatic nitrogens is 1. The summed E-state index contributed by atoms with van der Waals surface area (Å²) in [6.07, 6.45) is 1.71. The molecule has 2 nitrogen and oxygen atoms in total. The Balaban J connectivity index is 2.27. The van der Waals surface area contributed by atoms with Gasteiger partial charge in [0.25, 0.3) is 0 Å². The summed E-state index contributed by atoms with van der Waals surface area (Å²) in [4.78, 5) is 0. The van der Waals surface area contributed by atoms with Crippen LogP contribution in [-0.4, -0.2) is 4.57 Å². The number of nitrogens with zero attached hydrogens (tertiary/aromatic N) is 1. The fourth-order valence-electron chi connectivity index (χ4n) is 1.51. The summed E-state index contributed by atoms with van der Waals surface area (Å²) in [5, 5.41) is 0. The van der Waals surface area contributed by atoms with E-state index < -0.39 is 0 Å². The Kier molecular flexibility index (Phi) is 1.97. The summed E-state index contributed by atoms with van der Waals surface area (Å²) in [7, 11) is 0. The first-order valence-corrected chi connectivity index (χ1v) is 4.42. The second kappa shape index (κ2) is 3.13. The molecule has 0 fully saturated rings. The highest BCUT2D eigenvalue weighted by Gasteiger charge is 2.02. The zero-order chi connectivity index (χ0) is 9.26. The molecule has 0 aromatic carbocycles. The van der Waals surface area contributed by atoms with E-state index in [0.29, 0.717) is 0 Å². The van der Waals surface area contributed by atoms with E-state index in [2.05, 4.69) is 30.5 Å². The Morgan fingerprint density at radius 3 is 2.38 bits per heavy atom. The molecular weight excluding hydrogens is 162 g/mol. The van der Waals surface area contributed by atoms with Crippen LogP contribution in [0.25, 0.3) is 0 Å². The lowest BCUT2D eigenvalue weighted by atomic mass is 10.4. The van der Waals surface area contributed by atoms with Crippen molar-refractivity contribution in [3.63, 3.8) is 0 Å². The molecule has 0 aliphatic heterocycles. The molecule has 2 heteroatoms. The second-order valence-corrected chi connectivity index (χ2v) is 3.28. The summed E-state index contributed by atoms with van der Waals surface area (Å²) >= 11 is 0. The van der Waals surface area contributed by atoms with Crippen LogP contribution >= 0.6 is 0 Å². The van der Waals surface area contributed by atoms with Gasteiger partial charge >= 0.3 is 0 Å². The number of hydrogen-bond acceptors (Lipinski definition) is 1. The third-order valence-corrected chi connectivity index (χ3v) is 2.31. The minimum absolute atomic E-state index is 0.831. The highest BCUT2D eigenvalue weighted by atomic mass is 16.3. The first-order valence-electron chi connectivity index (χ1n) is 4.42. The standard InChI is InChI=1S/C11H13NO/c1-9-5-6-10(2)12(9)8-11-4-3-7-13-11/h3-7H,8H2,1-2H3. The lowest BCUT2D eigenvalue weighted by molar-refractivity contribution is 0.489. The molecule has 0 aliphatic carbocycles. The van der Waals surface area contributed by atoms with Gasteiger partial charge in [0.1, 0.15) is 5.76 Å². The molecule has 0 saturated carbocycles. The molecule has 2 heterocycles. The Morgan fingerprint density at radius 1 is 1.15 bits per heavy atom. The van der Waals surface area contributed by atoms with E-state index in [1.54, 1.807) is 6.26 Å². The normalized spacial score (nSPS) is 10.6. The molecule has 0 amide bonds. The van der Waals surface area contributed by atoms with E-state index in [1.807, 2.05) is 12.1 Å². The Labute approximate surface area is 77.8 Å². The van der Waals surface area contributed by atoms with E-state index in [9.17, 15) is 0 Å². The van der Waals surface area contributed by atoms with Crippen LogP contribution in [0.3, 0.4) is 0 Å². The fraction of sp³-hybridized carbons (Fsp3) is 0.273. The Bertz CT molecular complexity index is 365. The highest BCUT2D eigenvalue weighted by molar-refractivity contribution is 5.15. The Morgan fingerprint density at radius 2 is 1.85 bits per heavy atom. The third-order valence-electron chi connectivity index (χ3n) is 2.31. The Hall–Kier alpha value is -1.44. The third kappa shape index (κ3) is 1.52. The zero-order valence-electron chi connectivity index (χ0n) is 7.95. The van der Waals surface area contributed by atoms with Crippen LogP contribution in [0.15, 0.2) is 34.9 Å². The molecule has 2 aromatic rings. The van der Waals surface area contributed by atoms with Crippen LogP contribution in [0, 0.1) is 13.8 Å². The fourth-order valence-corrected chi connectivity index (χ4v) is 1.51. The van der Waals surface area contributed by atoms with Gasteiger partial charge in [-0.3, -0.25) is 0 Å². The molecule has 2 rings (SSSR count). The molecule has 0 radical (unpaired) electrons. The number of aryl methyl sites for hydroxylation is 2. The number of furan rings is 1. The maximum absolute atomic E-state index is 5.30. The smallest absolute Gasteiger partial charge is 0.123 e. The first-order chi connectivity index (χ1) is 6.27. The van der Waals surface area contributed by atoms with Gasteiger partial charge in [0.15, 0.2) is 0 Å². The average Bonchev–Trinajstić information content (AvgIpc) is 2.70. The molecule has 0 N–H and O–H groups in total. The highest BCUT2D eigenvalue weighted by Crippen LogP contribution is 2.11. The van der Waals surface area contributed by atoms with Crippen molar-refractivity contribution in [1.82, 2.24) is 4.57 Å². The quantitative estimate of drug-likeness (QED) is 0.686. The van der Waals surface area contributed by atoms with E-state index in [0.717, 1.165) is 12.3 Å². The SMILES string of the molecule is Cc1ccc(C)n1Cc1ccco1. The van der Waals surface area contributed by atoms with Gasteiger partial charge in [0, 0.05) is 11.4 Å². The lowest BCUT2D eigenvalue weighted by Crippen LogP contribution is -2.02. The van der Waals surface area contributed by atoms with Crippen LogP contribution in [0.1, 0.15) is 17.1 Å². The minimum Gasteiger partial charge on any atom is -0.467 e. The predicted octanol–water partition coefficient (Wildman–Crippen LogP) is 2.75. The number of hydrogen-bond donors (Lipinski definition) is 0. The summed E-state index contributed by atoms with van der Waals surface area (Å²) in [6.45, 7) is 5.05. The summed E-state index contributed by atoms with van der Waals surface area (Å²) in [5.41, 5.74) is 2.54. The van der Waals surface area contributed by atoms with Crippen molar-refractivity contribution >= 4 is 0 Å². The molecule has 0 saturated heterocycles. The minimum atomic E-state index is 0.831. The summed E-state index contributed by atoms with van der Waals surface area (Å²) < 4.78 is 7.53. The molecule has 0 atom stereocenters. The van der Waals surface area contributed by atoms with Crippen molar-refractivity contribution < 1.29 is 4.42 Å². The lowest BCUT2D eigenvalue weighted by Gasteiger charge is -2.06. The zero-order valence-corrected chi connectivity index (χ0v) is 7.95.